The first-order valence-electron chi connectivity index (χ1n) is 6.77. The van der Waals surface area contributed by atoms with Crippen molar-refractivity contribution in [3.8, 4) is 0 Å². The van der Waals surface area contributed by atoms with Crippen LogP contribution in [0.5, 0.6) is 0 Å². The van der Waals surface area contributed by atoms with Crippen molar-refractivity contribution in [2.45, 2.75) is 13.8 Å². The van der Waals surface area contributed by atoms with E-state index >= 15 is 0 Å². The molecule has 0 bridgehead atoms. The van der Waals surface area contributed by atoms with Crippen molar-refractivity contribution in [2.75, 3.05) is 13.1 Å². The molecule has 0 N–H and O–H groups in total. The summed E-state index contributed by atoms with van der Waals surface area (Å²) in [7, 11) is 0. The van der Waals surface area contributed by atoms with Crippen LogP contribution in [0.15, 0.2) is 24.3 Å². The van der Waals surface area contributed by atoms with Gasteiger partial charge in [0.2, 0.25) is 0 Å². The van der Waals surface area contributed by atoms with E-state index in [1.807, 2.05) is 13.8 Å². The molecule has 0 saturated carbocycles. The highest BCUT2D eigenvalue weighted by atomic mass is 35.5. The molecule has 0 unspecified atom stereocenters. The summed E-state index contributed by atoms with van der Waals surface area (Å²) >= 11 is 5.74. The lowest BCUT2D eigenvalue weighted by molar-refractivity contribution is -0.143. The molecule has 0 radical (unpaired) electrons. The minimum atomic E-state index is -0.965. The van der Waals surface area contributed by atoms with Crippen molar-refractivity contribution in [1.82, 2.24) is 9.80 Å². The summed E-state index contributed by atoms with van der Waals surface area (Å²) in [6, 6.07) is 5.34. The Hall–Kier alpha value is -2.21. The molecule has 1 heterocycles. The van der Waals surface area contributed by atoms with Gasteiger partial charge in [-0.2, -0.15) is 0 Å². The van der Waals surface area contributed by atoms with E-state index in [1.165, 1.54) is 12.1 Å². The van der Waals surface area contributed by atoms with E-state index in [-0.39, 0.29) is 12.5 Å². The first-order chi connectivity index (χ1) is 10.3. The maximum atomic E-state index is 12.1. The van der Waals surface area contributed by atoms with Crippen LogP contribution in [-0.4, -0.2) is 46.5 Å². The Morgan fingerprint density at radius 2 is 1.59 bits per heavy atom. The fraction of sp³-hybridized carbons (Fsp3) is 0.333. The van der Waals surface area contributed by atoms with Crippen LogP contribution >= 0.6 is 11.6 Å². The molecule has 0 aliphatic carbocycles. The van der Waals surface area contributed by atoms with Crippen LogP contribution in [0, 0.1) is 5.92 Å². The summed E-state index contributed by atoms with van der Waals surface area (Å²) in [6.07, 6.45) is 0. The summed E-state index contributed by atoms with van der Waals surface area (Å²) in [5, 5.41) is 0.475. The van der Waals surface area contributed by atoms with Crippen LogP contribution < -0.4 is 0 Å². The lowest BCUT2D eigenvalue weighted by Crippen LogP contribution is -2.38. The number of Topliss-reactive ketones (excluding diaryl/α,β-unsaturated/α-hetero) is 1. The van der Waals surface area contributed by atoms with E-state index < -0.39 is 30.2 Å². The highest BCUT2D eigenvalue weighted by Gasteiger charge is 2.45. The molecule has 1 aliphatic heterocycles. The van der Waals surface area contributed by atoms with Crippen LogP contribution in [0.25, 0.3) is 0 Å². The standard InChI is InChI=1S/C15H15ClN2O4/c1-9(2)7-17-13(20)14(21)18(15(17)22)8-12(19)10-3-5-11(16)6-4-10/h3-6,9H,7-8H2,1-2H3. The van der Waals surface area contributed by atoms with Crippen LogP contribution in [0.4, 0.5) is 4.79 Å². The minimum Gasteiger partial charge on any atom is -0.292 e. The largest absolute Gasteiger partial charge is 0.334 e. The van der Waals surface area contributed by atoms with Gasteiger partial charge in [-0.1, -0.05) is 25.4 Å². The number of imide groups is 2. The number of nitrogens with zero attached hydrogens (tertiary/aromatic N) is 2. The van der Waals surface area contributed by atoms with E-state index in [0.29, 0.717) is 15.5 Å². The zero-order chi connectivity index (χ0) is 16.4. The number of hydrogen-bond donors (Lipinski definition) is 0. The SMILES string of the molecule is CC(C)CN1C(=O)C(=O)N(CC(=O)c2ccc(Cl)cc2)C1=O. The van der Waals surface area contributed by atoms with E-state index in [1.54, 1.807) is 12.1 Å². The summed E-state index contributed by atoms with van der Waals surface area (Å²) in [5.74, 6) is -2.25. The second kappa shape index (κ2) is 6.27. The van der Waals surface area contributed by atoms with E-state index in [4.69, 9.17) is 11.6 Å². The number of urea groups is 1. The Morgan fingerprint density at radius 1 is 1.05 bits per heavy atom. The molecule has 4 amide bonds. The molecular weight excluding hydrogens is 308 g/mol. The third kappa shape index (κ3) is 3.17. The Labute approximate surface area is 132 Å². The van der Waals surface area contributed by atoms with E-state index in [9.17, 15) is 19.2 Å². The highest BCUT2D eigenvalue weighted by molar-refractivity contribution is 6.45. The van der Waals surface area contributed by atoms with Gasteiger partial charge in [-0.25, -0.2) is 9.69 Å². The summed E-state index contributed by atoms with van der Waals surface area (Å²) in [5.41, 5.74) is 0.319. The van der Waals surface area contributed by atoms with Gasteiger partial charge >= 0.3 is 17.8 Å². The number of benzene rings is 1. The first kappa shape index (κ1) is 16.2. The molecule has 0 aromatic heterocycles. The number of halogens is 1. The maximum absolute atomic E-state index is 12.1. The summed E-state index contributed by atoms with van der Waals surface area (Å²) in [6.45, 7) is 3.34. The first-order valence-corrected chi connectivity index (χ1v) is 7.15. The van der Waals surface area contributed by atoms with Gasteiger partial charge < -0.3 is 0 Å². The molecule has 22 heavy (non-hydrogen) atoms. The number of ketones is 1. The second-order valence-corrected chi connectivity index (χ2v) is 5.85. The quantitative estimate of drug-likeness (QED) is 0.472. The Balaban J connectivity index is 2.14. The maximum Gasteiger partial charge on any atom is 0.334 e. The van der Waals surface area contributed by atoms with Crippen LogP contribution in [0.3, 0.4) is 0 Å². The molecular formula is C15H15ClN2O4. The van der Waals surface area contributed by atoms with Crippen molar-refractivity contribution in [2.24, 2.45) is 5.92 Å². The molecule has 1 saturated heterocycles. The van der Waals surface area contributed by atoms with Crippen molar-refractivity contribution in [3.63, 3.8) is 0 Å². The molecule has 1 aromatic rings. The van der Waals surface area contributed by atoms with Gasteiger partial charge in [-0.15, -0.1) is 0 Å². The molecule has 0 spiro atoms. The average molecular weight is 323 g/mol. The van der Waals surface area contributed by atoms with Gasteiger partial charge in [-0.3, -0.25) is 19.3 Å². The minimum absolute atomic E-state index is 0.0348. The van der Waals surface area contributed by atoms with E-state index in [2.05, 4.69) is 0 Å². The molecule has 6 nitrogen and oxygen atoms in total. The average Bonchev–Trinajstić information content (AvgIpc) is 2.65. The topological polar surface area (TPSA) is 74.8 Å². The number of hydrogen-bond acceptors (Lipinski definition) is 4. The molecule has 1 aliphatic rings. The fourth-order valence-electron chi connectivity index (χ4n) is 2.09. The van der Waals surface area contributed by atoms with Crippen LogP contribution in [0.2, 0.25) is 5.02 Å². The normalized spacial score (nSPS) is 15.2. The number of carbonyl (C=O) groups excluding carboxylic acids is 4. The zero-order valence-corrected chi connectivity index (χ0v) is 13.0. The monoisotopic (exact) mass is 322 g/mol. The number of carbonyl (C=O) groups is 4. The summed E-state index contributed by atoms with van der Waals surface area (Å²) in [4.78, 5) is 49.5. The predicted octanol–water partition coefficient (Wildman–Crippen LogP) is 1.97. The van der Waals surface area contributed by atoms with Crippen molar-refractivity contribution in [3.05, 3.63) is 34.9 Å². The van der Waals surface area contributed by atoms with Gasteiger partial charge in [0.15, 0.2) is 5.78 Å². The lowest BCUT2D eigenvalue weighted by Gasteiger charge is -2.16. The number of rotatable bonds is 5. The molecule has 1 aromatic carbocycles. The molecule has 2 rings (SSSR count). The summed E-state index contributed by atoms with van der Waals surface area (Å²) < 4.78 is 0. The molecule has 0 atom stereocenters. The third-order valence-electron chi connectivity index (χ3n) is 3.15. The van der Waals surface area contributed by atoms with Gasteiger partial charge in [-0.05, 0) is 30.2 Å². The van der Waals surface area contributed by atoms with Crippen molar-refractivity contribution in [1.29, 1.82) is 0 Å². The molecule has 116 valence electrons. The molecule has 7 heteroatoms. The Kier molecular flexibility index (Phi) is 4.61. The smallest absolute Gasteiger partial charge is 0.292 e. The van der Waals surface area contributed by atoms with Gasteiger partial charge in [0.05, 0.1) is 6.54 Å². The van der Waals surface area contributed by atoms with Gasteiger partial charge in [0, 0.05) is 17.1 Å². The zero-order valence-electron chi connectivity index (χ0n) is 12.2. The lowest BCUT2D eigenvalue weighted by atomic mass is 10.1. The fourth-order valence-corrected chi connectivity index (χ4v) is 2.21. The van der Waals surface area contributed by atoms with Crippen LogP contribution in [-0.2, 0) is 9.59 Å². The Morgan fingerprint density at radius 3 is 2.14 bits per heavy atom. The van der Waals surface area contributed by atoms with Crippen molar-refractivity contribution < 1.29 is 19.2 Å². The third-order valence-corrected chi connectivity index (χ3v) is 3.40. The van der Waals surface area contributed by atoms with Crippen LogP contribution in [0.1, 0.15) is 24.2 Å². The van der Waals surface area contributed by atoms with Gasteiger partial charge in [0.25, 0.3) is 0 Å². The molecule has 1 fully saturated rings. The number of amides is 4. The highest BCUT2D eigenvalue weighted by Crippen LogP contribution is 2.16. The van der Waals surface area contributed by atoms with E-state index in [0.717, 1.165) is 4.90 Å². The second-order valence-electron chi connectivity index (χ2n) is 5.41. The van der Waals surface area contributed by atoms with Crippen molar-refractivity contribution >= 4 is 35.2 Å². The van der Waals surface area contributed by atoms with Gasteiger partial charge in [0.1, 0.15) is 0 Å². The predicted molar refractivity (Wildman–Crippen MR) is 79.4 cm³/mol. The Bertz CT molecular complexity index is 639.